The van der Waals surface area contributed by atoms with Crippen LogP contribution < -0.4 is 10.1 Å². The second kappa shape index (κ2) is 6.31. The Morgan fingerprint density at radius 1 is 1.00 bits per heavy atom. The van der Waals surface area contributed by atoms with Gasteiger partial charge in [-0.1, -0.05) is 51.1 Å². The van der Waals surface area contributed by atoms with E-state index in [1.807, 2.05) is 13.1 Å². The molecule has 21 heavy (non-hydrogen) atoms. The van der Waals surface area contributed by atoms with Crippen LogP contribution >= 0.6 is 0 Å². The lowest BCUT2D eigenvalue weighted by molar-refractivity contribution is 0.414. The molecule has 0 aliphatic heterocycles. The van der Waals surface area contributed by atoms with Gasteiger partial charge in [0.2, 0.25) is 0 Å². The topological polar surface area (TPSA) is 21.3 Å². The molecule has 0 spiro atoms. The Morgan fingerprint density at radius 2 is 1.67 bits per heavy atom. The maximum atomic E-state index is 5.33. The molecule has 0 aliphatic carbocycles. The van der Waals surface area contributed by atoms with Gasteiger partial charge in [-0.05, 0) is 46.8 Å². The zero-order valence-corrected chi connectivity index (χ0v) is 13.7. The third-order valence-corrected chi connectivity index (χ3v) is 3.74. The quantitative estimate of drug-likeness (QED) is 0.899. The number of hydrogen-bond acceptors (Lipinski definition) is 2. The SMILES string of the molecule is CNCc1cc(OC)ccc1-c1ccc(C(C)(C)C)cc1. The minimum Gasteiger partial charge on any atom is -0.497 e. The van der Waals surface area contributed by atoms with E-state index >= 15 is 0 Å². The van der Waals surface area contributed by atoms with E-state index in [-0.39, 0.29) is 5.41 Å². The first-order valence-corrected chi connectivity index (χ1v) is 7.38. The Balaban J connectivity index is 2.41. The molecule has 0 aromatic heterocycles. The van der Waals surface area contributed by atoms with Crippen LogP contribution in [0.5, 0.6) is 5.75 Å². The van der Waals surface area contributed by atoms with Crippen LogP contribution in [0.1, 0.15) is 31.9 Å². The summed E-state index contributed by atoms with van der Waals surface area (Å²) in [7, 11) is 3.67. The first-order valence-electron chi connectivity index (χ1n) is 7.38. The highest BCUT2D eigenvalue weighted by Crippen LogP contribution is 2.30. The highest BCUT2D eigenvalue weighted by Gasteiger charge is 2.14. The van der Waals surface area contributed by atoms with Gasteiger partial charge in [-0.25, -0.2) is 0 Å². The number of nitrogens with one attached hydrogen (secondary N) is 1. The van der Waals surface area contributed by atoms with E-state index in [9.17, 15) is 0 Å². The molecular weight excluding hydrogens is 258 g/mol. The van der Waals surface area contributed by atoms with Gasteiger partial charge in [0.25, 0.3) is 0 Å². The summed E-state index contributed by atoms with van der Waals surface area (Å²) in [5.74, 6) is 0.898. The van der Waals surface area contributed by atoms with Gasteiger partial charge in [-0.3, -0.25) is 0 Å². The van der Waals surface area contributed by atoms with Gasteiger partial charge in [0.1, 0.15) is 5.75 Å². The average molecular weight is 283 g/mol. The lowest BCUT2D eigenvalue weighted by Gasteiger charge is -2.19. The molecule has 0 aliphatic rings. The van der Waals surface area contributed by atoms with E-state index in [2.05, 4.69) is 62.5 Å². The summed E-state index contributed by atoms with van der Waals surface area (Å²) in [5.41, 5.74) is 5.29. The van der Waals surface area contributed by atoms with Crippen LogP contribution in [-0.4, -0.2) is 14.2 Å². The van der Waals surface area contributed by atoms with Crippen LogP contribution in [0.4, 0.5) is 0 Å². The molecular formula is C19H25NO. The summed E-state index contributed by atoms with van der Waals surface area (Å²) in [4.78, 5) is 0. The van der Waals surface area contributed by atoms with Crippen LogP contribution in [0.3, 0.4) is 0 Å². The van der Waals surface area contributed by atoms with Crippen molar-refractivity contribution in [1.29, 1.82) is 0 Å². The van der Waals surface area contributed by atoms with Crippen LogP contribution in [-0.2, 0) is 12.0 Å². The predicted molar refractivity (Wildman–Crippen MR) is 89.9 cm³/mol. The van der Waals surface area contributed by atoms with Crippen LogP contribution in [0.2, 0.25) is 0 Å². The molecule has 0 fully saturated rings. The molecule has 2 heteroatoms. The first-order chi connectivity index (χ1) is 9.95. The maximum Gasteiger partial charge on any atom is 0.119 e. The number of benzene rings is 2. The molecule has 0 amide bonds. The zero-order chi connectivity index (χ0) is 15.5. The van der Waals surface area contributed by atoms with E-state index in [0.717, 1.165) is 12.3 Å². The summed E-state index contributed by atoms with van der Waals surface area (Å²) < 4.78 is 5.33. The highest BCUT2D eigenvalue weighted by atomic mass is 16.5. The van der Waals surface area contributed by atoms with Gasteiger partial charge < -0.3 is 10.1 Å². The molecule has 112 valence electrons. The van der Waals surface area contributed by atoms with Crippen LogP contribution in [0, 0.1) is 0 Å². The van der Waals surface area contributed by atoms with Crippen LogP contribution in [0.15, 0.2) is 42.5 Å². The van der Waals surface area contributed by atoms with Gasteiger partial charge in [0, 0.05) is 6.54 Å². The van der Waals surface area contributed by atoms with Crippen molar-refractivity contribution in [3.63, 3.8) is 0 Å². The molecule has 0 bridgehead atoms. The number of methoxy groups -OCH3 is 1. The smallest absolute Gasteiger partial charge is 0.119 e. The van der Waals surface area contributed by atoms with E-state index in [4.69, 9.17) is 4.74 Å². The van der Waals surface area contributed by atoms with Crippen molar-refractivity contribution in [1.82, 2.24) is 5.32 Å². The largest absolute Gasteiger partial charge is 0.497 e. The van der Waals surface area contributed by atoms with Crippen molar-refractivity contribution in [3.8, 4) is 16.9 Å². The fourth-order valence-electron chi connectivity index (χ4n) is 2.47. The zero-order valence-electron chi connectivity index (χ0n) is 13.7. The Morgan fingerprint density at radius 3 is 2.19 bits per heavy atom. The molecule has 0 saturated heterocycles. The lowest BCUT2D eigenvalue weighted by Crippen LogP contribution is -2.10. The molecule has 2 aromatic rings. The van der Waals surface area contributed by atoms with Crippen molar-refractivity contribution in [2.75, 3.05) is 14.2 Å². The number of ether oxygens (including phenoxy) is 1. The van der Waals surface area contributed by atoms with Crippen molar-refractivity contribution in [3.05, 3.63) is 53.6 Å². The van der Waals surface area contributed by atoms with Gasteiger partial charge in [0.05, 0.1) is 7.11 Å². The lowest BCUT2D eigenvalue weighted by atomic mass is 9.86. The molecule has 1 N–H and O–H groups in total. The molecule has 0 saturated carbocycles. The third kappa shape index (κ3) is 3.64. The monoisotopic (exact) mass is 283 g/mol. The summed E-state index contributed by atoms with van der Waals surface area (Å²) in [6, 6.07) is 15.1. The fraction of sp³-hybridized carbons (Fsp3) is 0.368. The Bertz CT molecular complexity index is 594. The van der Waals surface area contributed by atoms with Crippen LogP contribution in [0.25, 0.3) is 11.1 Å². The summed E-state index contributed by atoms with van der Waals surface area (Å²) >= 11 is 0. The fourth-order valence-corrected chi connectivity index (χ4v) is 2.47. The van der Waals surface area contributed by atoms with E-state index in [1.54, 1.807) is 7.11 Å². The van der Waals surface area contributed by atoms with Crippen molar-refractivity contribution in [2.24, 2.45) is 0 Å². The maximum absolute atomic E-state index is 5.33. The van der Waals surface area contributed by atoms with E-state index in [0.29, 0.717) is 0 Å². The Labute approximate surface area is 128 Å². The Hall–Kier alpha value is -1.80. The van der Waals surface area contributed by atoms with Crippen molar-refractivity contribution >= 4 is 0 Å². The molecule has 2 aromatic carbocycles. The second-order valence-electron chi connectivity index (χ2n) is 6.38. The minimum absolute atomic E-state index is 0.187. The first kappa shape index (κ1) is 15.6. The molecule has 0 unspecified atom stereocenters. The molecule has 0 atom stereocenters. The summed E-state index contributed by atoms with van der Waals surface area (Å²) in [6.45, 7) is 7.54. The molecule has 0 heterocycles. The average Bonchev–Trinajstić information content (AvgIpc) is 2.47. The van der Waals surface area contributed by atoms with E-state index in [1.165, 1.54) is 22.3 Å². The summed E-state index contributed by atoms with van der Waals surface area (Å²) in [5, 5.41) is 3.23. The van der Waals surface area contributed by atoms with Gasteiger partial charge in [0.15, 0.2) is 0 Å². The summed E-state index contributed by atoms with van der Waals surface area (Å²) in [6.07, 6.45) is 0. The second-order valence-corrected chi connectivity index (χ2v) is 6.38. The van der Waals surface area contributed by atoms with Gasteiger partial charge in [-0.15, -0.1) is 0 Å². The minimum atomic E-state index is 0.187. The Kier molecular flexibility index (Phi) is 4.69. The number of hydrogen-bond donors (Lipinski definition) is 1. The third-order valence-electron chi connectivity index (χ3n) is 3.74. The van der Waals surface area contributed by atoms with Crippen molar-refractivity contribution < 1.29 is 4.74 Å². The normalized spacial score (nSPS) is 11.5. The van der Waals surface area contributed by atoms with Gasteiger partial charge >= 0.3 is 0 Å². The predicted octanol–water partition coefficient (Wildman–Crippen LogP) is 4.38. The van der Waals surface area contributed by atoms with E-state index < -0.39 is 0 Å². The van der Waals surface area contributed by atoms with Crippen molar-refractivity contribution in [2.45, 2.75) is 32.7 Å². The molecule has 2 rings (SSSR count). The standard InChI is InChI=1S/C19H25NO/c1-19(2,3)16-8-6-14(7-9-16)18-11-10-17(21-5)12-15(18)13-20-4/h6-12,20H,13H2,1-5H3. The van der Waals surface area contributed by atoms with Gasteiger partial charge in [-0.2, -0.15) is 0 Å². The highest BCUT2D eigenvalue weighted by molar-refractivity contribution is 5.68. The number of rotatable bonds is 4. The molecule has 0 radical (unpaired) electrons. The molecule has 2 nitrogen and oxygen atoms in total.